The van der Waals surface area contributed by atoms with Gasteiger partial charge in [0.25, 0.3) is 0 Å². The Morgan fingerprint density at radius 3 is 2.69 bits per heavy atom. The molecule has 0 unspecified atom stereocenters. The van der Waals surface area contributed by atoms with Crippen LogP contribution in [0.3, 0.4) is 0 Å². The zero-order valence-electron chi connectivity index (χ0n) is 15.9. The van der Waals surface area contributed by atoms with E-state index in [2.05, 4.69) is 15.6 Å². The molecule has 7 heteroatoms. The van der Waals surface area contributed by atoms with Crippen molar-refractivity contribution in [1.29, 1.82) is 0 Å². The van der Waals surface area contributed by atoms with Gasteiger partial charge >= 0.3 is 6.03 Å². The first-order valence-electron chi connectivity index (χ1n) is 9.68. The van der Waals surface area contributed by atoms with Gasteiger partial charge in [0, 0.05) is 30.1 Å². The fourth-order valence-electron chi connectivity index (χ4n) is 3.74. The Labute approximate surface area is 168 Å². The summed E-state index contributed by atoms with van der Waals surface area (Å²) in [6, 6.07) is 16.3. The number of amides is 3. The zero-order valence-corrected chi connectivity index (χ0v) is 15.9. The lowest BCUT2D eigenvalue weighted by molar-refractivity contribution is -0.120. The number of anilines is 1. The van der Waals surface area contributed by atoms with Crippen molar-refractivity contribution < 1.29 is 14.0 Å². The van der Waals surface area contributed by atoms with E-state index in [1.54, 1.807) is 6.20 Å². The molecular formula is C22H23FN4O2. The predicted molar refractivity (Wildman–Crippen MR) is 110 cm³/mol. The first-order chi connectivity index (χ1) is 14.1. The summed E-state index contributed by atoms with van der Waals surface area (Å²) in [4.78, 5) is 29.5. The minimum absolute atomic E-state index is 0.0212. The molecular weight excluding hydrogens is 371 g/mol. The van der Waals surface area contributed by atoms with Gasteiger partial charge in [-0.25, -0.2) is 9.18 Å². The molecule has 0 bridgehead atoms. The topological polar surface area (TPSA) is 77.2 Å². The number of rotatable bonds is 5. The molecule has 0 saturated carbocycles. The molecule has 1 aliphatic heterocycles. The summed E-state index contributed by atoms with van der Waals surface area (Å²) in [6.07, 6.45) is 1.10. The Balaban J connectivity index is 1.37. The van der Waals surface area contributed by atoms with Gasteiger partial charge in [0.2, 0.25) is 5.91 Å². The quantitative estimate of drug-likeness (QED) is 0.620. The molecule has 2 heterocycles. The van der Waals surface area contributed by atoms with Crippen LogP contribution in [-0.2, 0) is 11.2 Å². The number of nitrogens with one attached hydrogen (secondary N) is 3. The number of aromatic amines is 1. The second kappa shape index (κ2) is 8.34. The summed E-state index contributed by atoms with van der Waals surface area (Å²) in [6.45, 7) is 0.251. The van der Waals surface area contributed by atoms with Crippen molar-refractivity contribution in [3.8, 4) is 0 Å². The van der Waals surface area contributed by atoms with Gasteiger partial charge < -0.3 is 20.5 Å². The molecule has 3 amide bonds. The average Bonchev–Trinajstić information content (AvgIpc) is 3.31. The lowest BCUT2D eigenvalue weighted by Gasteiger charge is -2.24. The van der Waals surface area contributed by atoms with Crippen LogP contribution in [0.2, 0.25) is 0 Å². The van der Waals surface area contributed by atoms with Crippen molar-refractivity contribution in [2.45, 2.75) is 25.1 Å². The first-order valence-corrected chi connectivity index (χ1v) is 9.68. The highest BCUT2D eigenvalue weighted by molar-refractivity contribution is 6.01. The third-order valence-electron chi connectivity index (χ3n) is 5.20. The third kappa shape index (κ3) is 4.39. The summed E-state index contributed by atoms with van der Waals surface area (Å²) in [5.74, 6) is -0.143. The van der Waals surface area contributed by atoms with E-state index in [9.17, 15) is 14.0 Å². The number of aromatic nitrogens is 1. The van der Waals surface area contributed by atoms with Crippen LogP contribution in [0.4, 0.5) is 14.9 Å². The third-order valence-corrected chi connectivity index (χ3v) is 5.20. The summed E-state index contributed by atoms with van der Waals surface area (Å²) in [5.41, 5.74) is 2.48. The Hall–Kier alpha value is -3.35. The maximum absolute atomic E-state index is 14.0. The monoisotopic (exact) mass is 394 g/mol. The Morgan fingerprint density at radius 1 is 1.10 bits per heavy atom. The number of hydrogen-bond donors (Lipinski definition) is 3. The predicted octanol–water partition coefficient (Wildman–Crippen LogP) is 3.47. The molecule has 1 aliphatic rings. The number of urea groups is 1. The highest BCUT2D eigenvalue weighted by Crippen LogP contribution is 2.25. The van der Waals surface area contributed by atoms with Gasteiger partial charge in [-0.2, -0.15) is 0 Å². The number of fused-ring (bicyclic) bond motifs is 1. The lowest BCUT2D eigenvalue weighted by atomic mass is 10.1. The van der Waals surface area contributed by atoms with E-state index in [1.807, 2.05) is 54.6 Å². The van der Waals surface area contributed by atoms with Gasteiger partial charge in [-0.1, -0.05) is 48.5 Å². The second-order valence-corrected chi connectivity index (χ2v) is 7.28. The van der Waals surface area contributed by atoms with Gasteiger partial charge in [0.15, 0.2) is 0 Å². The van der Waals surface area contributed by atoms with Gasteiger partial charge in [-0.05, 0) is 11.6 Å². The van der Waals surface area contributed by atoms with Crippen molar-refractivity contribution in [2.75, 3.05) is 18.4 Å². The van der Waals surface area contributed by atoms with E-state index in [1.165, 1.54) is 4.90 Å². The number of benzene rings is 2. The molecule has 150 valence electrons. The molecule has 0 aliphatic carbocycles. The number of carbonyl (C=O) groups excluding carboxylic acids is 2. The van der Waals surface area contributed by atoms with E-state index in [0.717, 1.165) is 16.5 Å². The highest BCUT2D eigenvalue weighted by atomic mass is 19.1. The largest absolute Gasteiger partial charge is 0.359 e. The molecule has 3 N–H and O–H groups in total. The summed E-state index contributed by atoms with van der Waals surface area (Å²) in [7, 11) is 0. The smallest absolute Gasteiger partial charge is 0.322 e. The minimum atomic E-state index is -1.10. The molecule has 1 aromatic heterocycles. The number of halogens is 1. The molecule has 1 saturated heterocycles. The standard InChI is InChI=1S/C22H23FN4O2/c23-16-11-17(12-25-21(28)10-15-6-2-1-3-7-15)27(14-16)22(29)26-20-13-24-19-9-5-4-8-18(19)20/h1-9,13,16-17,24H,10-12,14H2,(H,25,28)(H,26,29)/t16-,17+/m1/s1. The lowest BCUT2D eigenvalue weighted by Crippen LogP contribution is -2.45. The van der Waals surface area contributed by atoms with Crippen molar-refractivity contribution >= 4 is 28.5 Å². The molecule has 0 spiro atoms. The van der Waals surface area contributed by atoms with Gasteiger partial charge in [0.05, 0.1) is 24.7 Å². The van der Waals surface area contributed by atoms with E-state index in [0.29, 0.717) is 5.69 Å². The van der Waals surface area contributed by atoms with Crippen LogP contribution in [0.25, 0.3) is 10.9 Å². The molecule has 3 aromatic rings. The fourth-order valence-corrected chi connectivity index (χ4v) is 3.74. The van der Waals surface area contributed by atoms with Gasteiger partial charge in [-0.3, -0.25) is 4.79 Å². The minimum Gasteiger partial charge on any atom is -0.359 e. The van der Waals surface area contributed by atoms with Crippen LogP contribution < -0.4 is 10.6 Å². The molecule has 0 radical (unpaired) electrons. The number of carbonyl (C=O) groups is 2. The van der Waals surface area contributed by atoms with Crippen LogP contribution in [-0.4, -0.2) is 47.1 Å². The van der Waals surface area contributed by atoms with Crippen LogP contribution >= 0.6 is 0 Å². The first kappa shape index (κ1) is 19.0. The number of nitrogens with zero attached hydrogens (tertiary/aromatic N) is 1. The number of hydrogen-bond acceptors (Lipinski definition) is 2. The Kier molecular flexibility index (Phi) is 5.46. The van der Waals surface area contributed by atoms with Crippen molar-refractivity contribution in [2.24, 2.45) is 0 Å². The summed E-state index contributed by atoms with van der Waals surface area (Å²) >= 11 is 0. The van der Waals surface area contributed by atoms with Crippen LogP contribution in [0.1, 0.15) is 12.0 Å². The van der Waals surface area contributed by atoms with Crippen molar-refractivity contribution in [1.82, 2.24) is 15.2 Å². The molecule has 4 rings (SSSR count). The highest BCUT2D eigenvalue weighted by Gasteiger charge is 2.35. The van der Waals surface area contributed by atoms with E-state index >= 15 is 0 Å². The molecule has 29 heavy (non-hydrogen) atoms. The normalized spacial score (nSPS) is 18.7. The Morgan fingerprint density at radius 2 is 1.86 bits per heavy atom. The molecule has 2 atom stereocenters. The summed E-state index contributed by atoms with van der Waals surface area (Å²) < 4.78 is 14.0. The number of para-hydroxylation sites is 1. The van der Waals surface area contributed by atoms with Crippen LogP contribution in [0.5, 0.6) is 0 Å². The molecule has 6 nitrogen and oxygen atoms in total. The average molecular weight is 394 g/mol. The number of H-pyrrole nitrogens is 1. The molecule has 2 aromatic carbocycles. The van der Waals surface area contributed by atoms with Crippen LogP contribution in [0.15, 0.2) is 60.8 Å². The maximum atomic E-state index is 14.0. The van der Waals surface area contributed by atoms with Crippen molar-refractivity contribution in [3.63, 3.8) is 0 Å². The number of likely N-dealkylation sites (tertiary alicyclic amines) is 1. The van der Waals surface area contributed by atoms with Crippen LogP contribution in [0, 0.1) is 0 Å². The van der Waals surface area contributed by atoms with E-state index < -0.39 is 6.17 Å². The van der Waals surface area contributed by atoms with Gasteiger partial charge in [0.1, 0.15) is 6.17 Å². The summed E-state index contributed by atoms with van der Waals surface area (Å²) in [5, 5.41) is 6.59. The zero-order chi connectivity index (χ0) is 20.2. The Bertz CT molecular complexity index is 1000. The van der Waals surface area contributed by atoms with Crippen molar-refractivity contribution in [3.05, 3.63) is 66.4 Å². The maximum Gasteiger partial charge on any atom is 0.322 e. The molecule has 1 fully saturated rings. The van der Waals surface area contributed by atoms with E-state index in [-0.39, 0.29) is 43.9 Å². The SMILES string of the molecule is O=C(Cc1ccccc1)NC[C@@H]1C[C@@H](F)CN1C(=O)Nc1c[nH]c2ccccc12. The second-order valence-electron chi connectivity index (χ2n) is 7.28. The number of alkyl halides is 1. The van der Waals surface area contributed by atoms with Gasteiger partial charge in [-0.15, -0.1) is 0 Å². The fraction of sp³-hybridized carbons (Fsp3) is 0.273. The van der Waals surface area contributed by atoms with E-state index in [4.69, 9.17) is 0 Å².